The topological polar surface area (TPSA) is 72.2 Å². The third kappa shape index (κ3) is 3.52. The first kappa shape index (κ1) is 12.5. The monoisotopic (exact) mass is 254 g/mol. The average Bonchev–Trinajstić information content (AvgIpc) is 3.13. The highest BCUT2D eigenvalue weighted by Crippen LogP contribution is 2.27. The highest BCUT2D eigenvalue weighted by molar-refractivity contribution is 7.90. The minimum absolute atomic E-state index is 0.188. The normalized spacial score (nSPS) is 17.9. The lowest BCUT2D eigenvalue weighted by Crippen LogP contribution is -2.43. The van der Waals surface area contributed by atoms with Gasteiger partial charge in [0, 0.05) is 12.6 Å². The van der Waals surface area contributed by atoms with Crippen molar-refractivity contribution in [2.75, 3.05) is 6.54 Å². The zero-order valence-corrected chi connectivity index (χ0v) is 10.5. The van der Waals surface area contributed by atoms with Gasteiger partial charge in [0.05, 0.1) is 5.25 Å². The molecule has 1 unspecified atom stereocenters. The molecule has 0 amide bonds. The van der Waals surface area contributed by atoms with Gasteiger partial charge in [-0.05, 0) is 24.8 Å². The molecule has 0 radical (unpaired) electrons. The molecule has 17 heavy (non-hydrogen) atoms. The summed E-state index contributed by atoms with van der Waals surface area (Å²) in [5, 5.41) is -0.188. The molecule has 1 aromatic carbocycles. The van der Waals surface area contributed by atoms with Crippen molar-refractivity contribution in [2.24, 2.45) is 5.73 Å². The van der Waals surface area contributed by atoms with E-state index in [1.807, 2.05) is 30.3 Å². The molecule has 0 aliphatic heterocycles. The van der Waals surface area contributed by atoms with Crippen LogP contribution in [-0.4, -0.2) is 26.3 Å². The van der Waals surface area contributed by atoms with Gasteiger partial charge in [0.15, 0.2) is 0 Å². The molecule has 1 atom stereocenters. The number of sulfonamides is 1. The minimum Gasteiger partial charge on any atom is -0.329 e. The molecule has 4 nitrogen and oxygen atoms in total. The molecular formula is C12H18N2O2S. The van der Waals surface area contributed by atoms with Crippen LogP contribution in [0.2, 0.25) is 0 Å². The first-order valence-electron chi connectivity index (χ1n) is 5.87. The average molecular weight is 254 g/mol. The van der Waals surface area contributed by atoms with Crippen LogP contribution in [0.4, 0.5) is 0 Å². The maximum absolute atomic E-state index is 11.8. The molecular weight excluding hydrogens is 236 g/mol. The van der Waals surface area contributed by atoms with Gasteiger partial charge in [0.25, 0.3) is 0 Å². The Kier molecular flexibility index (Phi) is 3.81. The van der Waals surface area contributed by atoms with E-state index in [2.05, 4.69) is 4.72 Å². The lowest BCUT2D eigenvalue weighted by Gasteiger charge is -2.16. The molecule has 0 bridgehead atoms. The van der Waals surface area contributed by atoms with Crippen molar-refractivity contribution in [1.29, 1.82) is 0 Å². The van der Waals surface area contributed by atoms with E-state index in [-0.39, 0.29) is 11.3 Å². The summed E-state index contributed by atoms with van der Waals surface area (Å²) in [6, 6.07) is 9.58. The van der Waals surface area contributed by atoms with Gasteiger partial charge in [-0.15, -0.1) is 0 Å². The summed E-state index contributed by atoms with van der Waals surface area (Å²) >= 11 is 0. The van der Waals surface area contributed by atoms with Crippen molar-refractivity contribution in [1.82, 2.24) is 4.72 Å². The van der Waals surface area contributed by atoms with E-state index in [0.717, 1.165) is 18.4 Å². The van der Waals surface area contributed by atoms with E-state index in [1.165, 1.54) is 0 Å². The van der Waals surface area contributed by atoms with Gasteiger partial charge in [-0.2, -0.15) is 0 Å². The Hall–Kier alpha value is -0.910. The Morgan fingerprint density at radius 2 is 1.94 bits per heavy atom. The summed E-state index contributed by atoms with van der Waals surface area (Å²) in [7, 11) is -3.15. The molecule has 1 saturated carbocycles. The number of nitrogens with two attached hydrogens (primary N) is 1. The van der Waals surface area contributed by atoms with Crippen molar-refractivity contribution >= 4 is 10.0 Å². The molecule has 1 aromatic rings. The van der Waals surface area contributed by atoms with Crippen LogP contribution in [0.25, 0.3) is 0 Å². The van der Waals surface area contributed by atoms with Crippen molar-refractivity contribution in [3.63, 3.8) is 0 Å². The fourth-order valence-corrected chi connectivity index (χ4v) is 3.37. The molecule has 3 N–H and O–H groups in total. The highest BCUT2D eigenvalue weighted by atomic mass is 32.2. The Labute approximate surface area is 102 Å². The summed E-state index contributed by atoms with van der Waals surface area (Å²) in [4.78, 5) is 0. The van der Waals surface area contributed by atoms with Crippen molar-refractivity contribution in [3.05, 3.63) is 35.9 Å². The smallest absolute Gasteiger partial charge is 0.214 e. The molecule has 0 saturated heterocycles. The molecule has 94 valence electrons. The molecule has 0 aromatic heterocycles. The molecule has 1 aliphatic carbocycles. The molecule has 1 aliphatic rings. The maximum atomic E-state index is 11.8. The fraction of sp³-hybridized carbons (Fsp3) is 0.500. The lowest BCUT2D eigenvalue weighted by atomic mass is 10.1. The summed E-state index contributed by atoms with van der Waals surface area (Å²) < 4.78 is 26.3. The van der Waals surface area contributed by atoms with E-state index in [9.17, 15) is 8.42 Å². The second-order valence-corrected chi connectivity index (χ2v) is 6.48. The van der Waals surface area contributed by atoms with E-state index in [4.69, 9.17) is 5.73 Å². The number of hydrogen-bond donors (Lipinski definition) is 2. The Morgan fingerprint density at radius 1 is 1.29 bits per heavy atom. The first-order valence-corrected chi connectivity index (χ1v) is 7.41. The zero-order chi connectivity index (χ0) is 12.3. The number of nitrogens with one attached hydrogen (secondary N) is 1. The van der Waals surface area contributed by atoms with Crippen LogP contribution >= 0.6 is 0 Å². The van der Waals surface area contributed by atoms with Crippen LogP contribution in [0, 0.1) is 0 Å². The third-order valence-corrected chi connectivity index (χ3v) is 4.91. The Morgan fingerprint density at radius 3 is 2.47 bits per heavy atom. The second kappa shape index (κ2) is 5.16. The zero-order valence-electron chi connectivity index (χ0n) is 9.67. The quantitative estimate of drug-likeness (QED) is 0.782. The van der Waals surface area contributed by atoms with Crippen LogP contribution < -0.4 is 10.5 Å². The van der Waals surface area contributed by atoms with Gasteiger partial charge in [-0.1, -0.05) is 30.3 Å². The second-order valence-electron chi connectivity index (χ2n) is 4.48. The standard InChI is InChI=1S/C12H18N2O2S/c13-9-11(8-10-4-2-1-3-5-10)14-17(15,16)12-6-7-12/h1-5,11-12,14H,6-9,13H2. The highest BCUT2D eigenvalue weighted by Gasteiger charge is 2.36. The summed E-state index contributed by atoms with van der Waals surface area (Å²) in [5.41, 5.74) is 6.72. The van der Waals surface area contributed by atoms with Gasteiger partial charge in [-0.3, -0.25) is 0 Å². The Bertz CT molecular complexity index is 455. The van der Waals surface area contributed by atoms with Gasteiger partial charge in [0.2, 0.25) is 10.0 Å². The predicted molar refractivity (Wildman–Crippen MR) is 68.1 cm³/mol. The SMILES string of the molecule is NCC(Cc1ccccc1)NS(=O)(=O)C1CC1. The van der Waals surface area contributed by atoms with Gasteiger partial charge in [0.1, 0.15) is 0 Å². The van der Waals surface area contributed by atoms with E-state index in [0.29, 0.717) is 13.0 Å². The van der Waals surface area contributed by atoms with E-state index < -0.39 is 10.0 Å². The van der Waals surface area contributed by atoms with Crippen molar-refractivity contribution in [2.45, 2.75) is 30.6 Å². The number of benzene rings is 1. The minimum atomic E-state index is -3.15. The first-order chi connectivity index (χ1) is 8.12. The van der Waals surface area contributed by atoms with Crippen molar-refractivity contribution < 1.29 is 8.42 Å². The fourth-order valence-electron chi connectivity index (χ4n) is 1.78. The largest absolute Gasteiger partial charge is 0.329 e. The summed E-state index contributed by atoms with van der Waals surface area (Å²) in [6.45, 7) is 0.320. The molecule has 2 rings (SSSR count). The molecule has 0 heterocycles. The van der Waals surface area contributed by atoms with E-state index in [1.54, 1.807) is 0 Å². The van der Waals surface area contributed by atoms with Crippen LogP contribution in [0.5, 0.6) is 0 Å². The van der Waals surface area contributed by atoms with Crippen LogP contribution in [0.3, 0.4) is 0 Å². The predicted octanol–water partition coefficient (Wildman–Crippen LogP) is 0.638. The maximum Gasteiger partial charge on any atom is 0.214 e. The van der Waals surface area contributed by atoms with Crippen LogP contribution in [0.15, 0.2) is 30.3 Å². The van der Waals surface area contributed by atoms with Gasteiger partial charge < -0.3 is 5.73 Å². The summed E-state index contributed by atoms with van der Waals surface area (Å²) in [5.74, 6) is 0. The van der Waals surface area contributed by atoms with Gasteiger partial charge in [-0.25, -0.2) is 13.1 Å². The third-order valence-electron chi connectivity index (χ3n) is 2.90. The van der Waals surface area contributed by atoms with Crippen LogP contribution in [-0.2, 0) is 16.4 Å². The van der Waals surface area contributed by atoms with Crippen molar-refractivity contribution in [3.8, 4) is 0 Å². The number of hydrogen-bond acceptors (Lipinski definition) is 3. The molecule has 0 spiro atoms. The number of rotatable bonds is 6. The Balaban J connectivity index is 1.97. The lowest BCUT2D eigenvalue weighted by molar-refractivity contribution is 0.547. The molecule has 5 heteroatoms. The van der Waals surface area contributed by atoms with E-state index >= 15 is 0 Å². The summed E-state index contributed by atoms with van der Waals surface area (Å²) in [6.07, 6.45) is 2.19. The van der Waals surface area contributed by atoms with Crippen LogP contribution in [0.1, 0.15) is 18.4 Å². The van der Waals surface area contributed by atoms with Gasteiger partial charge >= 0.3 is 0 Å². The molecule has 1 fully saturated rings.